The van der Waals surface area contributed by atoms with Crippen LogP contribution < -0.4 is 5.32 Å². The summed E-state index contributed by atoms with van der Waals surface area (Å²) in [5, 5.41) is 16.5. The molecule has 1 aliphatic carbocycles. The Morgan fingerprint density at radius 1 is 1.44 bits per heavy atom. The normalized spacial score (nSPS) is 14.8. The third kappa shape index (κ3) is 2.19. The molecule has 2 N–H and O–H groups in total. The topological polar surface area (TPSA) is 75.9 Å². The molecule has 0 unspecified atom stereocenters. The first-order valence-corrected chi connectivity index (χ1v) is 6.01. The van der Waals surface area contributed by atoms with E-state index in [0.29, 0.717) is 12.0 Å². The van der Waals surface area contributed by atoms with Crippen molar-refractivity contribution in [1.82, 2.24) is 19.7 Å². The number of hydrogen-bond acceptors (Lipinski definition) is 5. The van der Waals surface area contributed by atoms with Crippen molar-refractivity contribution in [1.29, 1.82) is 0 Å². The summed E-state index contributed by atoms with van der Waals surface area (Å²) in [5.74, 6) is 1.38. The molecular weight excluding hydrogens is 230 g/mol. The summed E-state index contributed by atoms with van der Waals surface area (Å²) in [4.78, 5) is 8.73. The molecule has 1 saturated carbocycles. The lowest BCUT2D eigenvalue weighted by atomic mass is 10.3. The Hall–Kier alpha value is -1.95. The Morgan fingerprint density at radius 2 is 2.28 bits per heavy atom. The van der Waals surface area contributed by atoms with Crippen molar-refractivity contribution in [2.75, 3.05) is 5.32 Å². The van der Waals surface area contributed by atoms with Gasteiger partial charge in [0.2, 0.25) is 5.95 Å². The first-order chi connectivity index (χ1) is 8.76. The molecule has 0 aromatic carbocycles. The minimum Gasteiger partial charge on any atom is -0.392 e. The highest BCUT2D eigenvalue weighted by molar-refractivity contribution is 5.39. The number of aryl methyl sites for hydroxylation is 1. The smallest absolute Gasteiger partial charge is 0.224 e. The Morgan fingerprint density at radius 3 is 2.94 bits per heavy atom. The first-order valence-electron chi connectivity index (χ1n) is 6.01. The lowest BCUT2D eigenvalue weighted by Gasteiger charge is -2.07. The van der Waals surface area contributed by atoms with E-state index in [-0.39, 0.29) is 6.61 Å². The molecule has 2 aromatic heterocycles. The van der Waals surface area contributed by atoms with Gasteiger partial charge in [0.15, 0.2) is 5.82 Å². The number of nitrogens with one attached hydrogen (secondary N) is 1. The van der Waals surface area contributed by atoms with Crippen LogP contribution in [0.5, 0.6) is 0 Å². The standard InChI is InChI=1S/C12H15N5O/c1-8-4-13-12(15-10-2-3-10)16-11(8)17-6-9(7-18)5-14-17/h4-6,10,18H,2-3,7H2,1H3,(H,13,15,16). The van der Waals surface area contributed by atoms with Crippen LogP contribution in [-0.2, 0) is 6.61 Å². The van der Waals surface area contributed by atoms with E-state index in [2.05, 4.69) is 20.4 Å². The zero-order chi connectivity index (χ0) is 12.5. The van der Waals surface area contributed by atoms with Crippen LogP contribution >= 0.6 is 0 Å². The minimum absolute atomic E-state index is 0.0166. The molecule has 1 aliphatic rings. The fourth-order valence-electron chi connectivity index (χ4n) is 1.70. The summed E-state index contributed by atoms with van der Waals surface area (Å²) in [6, 6.07) is 0.520. The summed E-state index contributed by atoms with van der Waals surface area (Å²) in [6.07, 6.45) is 7.56. The maximum Gasteiger partial charge on any atom is 0.224 e. The molecule has 0 saturated heterocycles. The highest BCUT2D eigenvalue weighted by atomic mass is 16.3. The first kappa shape index (κ1) is 11.2. The Labute approximate surface area is 105 Å². The molecule has 0 radical (unpaired) electrons. The second-order valence-electron chi connectivity index (χ2n) is 4.57. The molecule has 0 atom stereocenters. The third-order valence-electron chi connectivity index (χ3n) is 2.89. The Balaban J connectivity index is 1.93. The third-order valence-corrected chi connectivity index (χ3v) is 2.89. The van der Waals surface area contributed by atoms with E-state index in [1.165, 1.54) is 12.8 Å². The van der Waals surface area contributed by atoms with Gasteiger partial charge in [-0.3, -0.25) is 0 Å². The van der Waals surface area contributed by atoms with Gasteiger partial charge >= 0.3 is 0 Å². The van der Waals surface area contributed by atoms with Gasteiger partial charge in [0.25, 0.3) is 0 Å². The van der Waals surface area contributed by atoms with E-state index in [0.717, 1.165) is 16.9 Å². The molecule has 0 bridgehead atoms. The molecule has 1 fully saturated rings. The highest BCUT2D eigenvalue weighted by Gasteiger charge is 2.22. The summed E-state index contributed by atoms with van der Waals surface area (Å²) < 4.78 is 1.67. The average Bonchev–Trinajstić information content (AvgIpc) is 3.06. The minimum atomic E-state index is -0.0166. The fraction of sp³-hybridized carbons (Fsp3) is 0.417. The van der Waals surface area contributed by atoms with Gasteiger partial charge in [-0.15, -0.1) is 0 Å². The molecule has 3 rings (SSSR count). The molecule has 6 nitrogen and oxygen atoms in total. The Bertz CT molecular complexity index is 561. The predicted molar refractivity (Wildman–Crippen MR) is 66.5 cm³/mol. The summed E-state index contributed by atoms with van der Waals surface area (Å²) in [5.41, 5.74) is 1.72. The average molecular weight is 245 g/mol. The van der Waals surface area contributed by atoms with Gasteiger partial charge in [0.05, 0.1) is 12.8 Å². The lowest BCUT2D eigenvalue weighted by molar-refractivity contribution is 0.282. The van der Waals surface area contributed by atoms with Crippen molar-refractivity contribution >= 4 is 5.95 Å². The molecule has 0 amide bonds. The molecule has 94 valence electrons. The molecule has 18 heavy (non-hydrogen) atoms. The maximum absolute atomic E-state index is 9.05. The number of aromatic nitrogens is 4. The van der Waals surface area contributed by atoms with Crippen molar-refractivity contribution in [3.05, 3.63) is 29.7 Å². The van der Waals surface area contributed by atoms with Crippen molar-refractivity contribution in [3.8, 4) is 5.82 Å². The van der Waals surface area contributed by atoms with Crippen LogP contribution in [0.25, 0.3) is 5.82 Å². The van der Waals surface area contributed by atoms with Crippen LogP contribution in [0.2, 0.25) is 0 Å². The van der Waals surface area contributed by atoms with Gasteiger partial charge in [-0.05, 0) is 19.8 Å². The molecule has 0 aliphatic heterocycles. The van der Waals surface area contributed by atoms with Crippen LogP contribution in [0.4, 0.5) is 5.95 Å². The van der Waals surface area contributed by atoms with Crippen molar-refractivity contribution in [3.63, 3.8) is 0 Å². The SMILES string of the molecule is Cc1cnc(NC2CC2)nc1-n1cc(CO)cn1. The quantitative estimate of drug-likeness (QED) is 0.841. The summed E-state index contributed by atoms with van der Waals surface area (Å²) in [6.45, 7) is 1.92. The van der Waals surface area contributed by atoms with Gasteiger partial charge in [-0.2, -0.15) is 10.1 Å². The second-order valence-corrected chi connectivity index (χ2v) is 4.57. The number of nitrogens with zero attached hydrogens (tertiary/aromatic N) is 4. The number of hydrogen-bond donors (Lipinski definition) is 2. The number of aliphatic hydroxyl groups is 1. The van der Waals surface area contributed by atoms with Gasteiger partial charge in [-0.1, -0.05) is 0 Å². The maximum atomic E-state index is 9.05. The lowest BCUT2D eigenvalue weighted by Crippen LogP contribution is -2.09. The van der Waals surface area contributed by atoms with E-state index < -0.39 is 0 Å². The van der Waals surface area contributed by atoms with E-state index in [9.17, 15) is 0 Å². The fourth-order valence-corrected chi connectivity index (χ4v) is 1.70. The van der Waals surface area contributed by atoms with Gasteiger partial charge < -0.3 is 10.4 Å². The van der Waals surface area contributed by atoms with E-state index in [1.807, 2.05) is 6.92 Å². The molecule has 6 heteroatoms. The van der Waals surface area contributed by atoms with Crippen molar-refractivity contribution in [2.45, 2.75) is 32.4 Å². The van der Waals surface area contributed by atoms with E-state index >= 15 is 0 Å². The second kappa shape index (κ2) is 4.38. The molecular formula is C12H15N5O. The van der Waals surface area contributed by atoms with Gasteiger partial charge in [-0.25, -0.2) is 9.67 Å². The van der Waals surface area contributed by atoms with Crippen LogP contribution in [-0.4, -0.2) is 30.9 Å². The van der Waals surface area contributed by atoms with Gasteiger partial charge in [0.1, 0.15) is 0 Å². The summed E-state index contributed by atoms with van der Waals surface area (Å²) >= 11 is 0. The van der Waals surface area contributed by atoms with E-state index in [1.54, 1.807) is 23.3 Å². The summed E-state index contributed by atoms with van der Waals surface area (Å²) in [7, 11) is 0. The molecule has 2 aromatic rings. The van der Waals surface area contributed by atoms with Crippen molar-refractivity contribution in [2.24, 2.45) is 0 Å². The van der Waals surface area contributed by atoms with Crippen molar-refractivity contribution < 1.29 is 5.11 Å². The number of rotatable bonds is 4. The monoisotopic (exact) mass is 245 g/mol. The van der Waals surface area contributed by atoms with Crippen LogP contribution in [0, 0.1) is 6.92 Å². The molecule has 2 heterocycles. The Kier molecular flexibility index (Phi) is 2.71. The van der Waals surface area contributed by atoms with E-state index in [4.69, 9.17) is 5.11 Å². The largest absolute Gasteiger partial charge is 0.392 e. The zero-order valence-electron chi connectivity index (χ0n) is 10.2. The number of aliphatic hydroxyl groups excluding tert-OH is 1. The molecule has 0 spiro atoms. The van der Waals surface area contributed by atoms with Crippen LogP contribution in [0.1, 0.15) is 24.0 Å². The van der Waals surface area contributed by atoms with Crippen LogP contribution in [0.3, 0.4) is 0 Å². The number of anilines is 1. The zero-order valence-corrected chi connectivity index (χ0v) is 10.2. The van der Waals surface area contributed by atoms with Gasteiger partial charge in [0, 0.05) is 29.6 Å². The predicted octanol–water partition coefficient (Wildman–Crippen LogP) is 1.04. The van der Waals surface area contributed by atoms with Crippen LogP contribution in [0.15, 0.2) is 18.6 Å². The highest BCUT2D eigenvalue weighted by Crippen LogP contribution is 2.23.